The van der Waals surface area contributed by atoms with E-state index >= 15 is 0 Å². The van der Waals surface area contributed by atoms with Crippen molar-refractivity contribution in [1.29, 1.82) is 0 Å². The minimum atomic E-state index is -2.85. The van der Waals surface area contributed by atoms with E-state index in [2.05, 4.69) is 5.32 Å². The number of aliphatic hydroxyl groups is 1. The van der Waals surface area contributed by atoms with Crippen molar-refractivity contribution in [1.82, 2.24) is 5.32 Å². The summed E-state index contributed by atoms with van der Waals surface area (Å²) >= 11 is 0. The molecule has 2 N–H and O–H groups in total. The SMILES string of the molecule is CC(C)(C)OCC(=O)NCC(O)C(F)F. The van der Waals surface area contributed by atoms with Crippen molar-refractivity contribution in [3.63, 3.8) is 0 Å². The van der Waals surface area contributed by atoms with Gasteiger partial charge in [-0.25, -0.2) is 8.78 Å². The molecule has 0 aliphatic carbocycles. The maximum absolute atomic E-state index is 11.8. The van der Waals surface area contributed by atoms with Crippen molar-refractivity contribution < 1.29 is 23.4 Å². The number of alkyl halides is 2. The van der Waals surface area contributed by atoms with Crippen molar-refractivity contribution in [2.45, 2.75) is 38.9 Å². The standard InChI is InChI=1S/C9H17F2NO3/c1-9(2,3)15-5-7(14)12-4-6(13)8(10)11/h6,8,13H,4-5H2,1-3H3,(H,12,14). The lowest BCUT2D eigenvalue weighted by Crippen LogP contribution is -2.39. The highest BCUT2D eigenvalue weighted by Gasteiger charge is 2.18. The molecule has 0 fully saturated rings. The number of aliphatic hydroxyl groups excluding tert-OH is 1. The Hall–Kier alpha value is -0.750. The van der Waals surface area contributed by atoms with Gasteiger partial charge in [-0.3, -0.25) is 4.79 Å². The van der Waals surface area contributed by atoms with E-state index in [-0.39, 0.29) is 6.61 Å². The maximum Gasteiger partial charge on any atom is 0.265 e. The van der Waals surface area contributed by atoms with Gasteiger partial charge in [-0.05, 0) is 20.8 Å². The van der Waals surface area contributed by atoms with Crippen LogP contribution in [-0.4, -0.2) is 42.3 Å². The van der Waals surface area contributed by atoms with E-state index in [1.165, 1.54) is 0 Å². The van der Waals surface area contributed by atoms with Crippen molar-refractivity contribution in [3.05, 3.63) is 0 Å². The zero-order valence-electron chi connectivity index (χ0n) is 9.09. The molecule has 6 heteroatoms. The van der Waals surface area contributed by atoms with Crippen LogP contribution in [0.2, 0.25) is 0 Å². The van der Waals surface area contributed by atoms with E-state index in [4.69, 9.17) is 9.84 Å². The van der Waals surface area contributed by atoms with Crippen LogP contribution < -0.4 is 5.32 Å². The van der Waals surface area contributed by atoms with Gasteiger partial charge in [0, 0.05) is 6.54 Å². The van der Waals surface area contributed by atoms with Gasteiger partial charge in [0.2, 0.25) is 5.91 Å². The molecule has 1 unspecified atom stereocenters. The predicted molar refractivity (Wildman–Crippen MR) is 50.7 cm³/mol. The van der Waals surface area contributed by atoms with E-state index in [9.17, 15) is 13.6 Å². The second kappa shape index (κ2) is 5.97. The van der Waals surface area contributed by atoms with E-state index in [1.54, 1.807) is 20.8 Å². The fourth-order valence-corrected chi connectivity index (χ4v) is 0.641. The first-order valence-electron chi connectivity index (χ1n) is 4.59. The first kappa shape index (κ1) is 14.2. The summed E-state index contributed by atoms with van der Waals surface area (Å²) in [6, 6.07) is 0. The number of rotatable bonds is 5. The smallest absolute Gasteiger partial charge is 0.265 e. The van der Waals surface area contributed by atoms with Crippen molar-refractivity contribution in [2.75, 3.05) is 13.2 Å². The lowest BCUT2D eigenvalue weighted by molar-refractivity contribution is -0.131. The second-order valence-corrected chi connectivity index (χ2v) is 4.11. The second-order valence-electron chi connectivity index (χ2n) is 4.11. The van der Waals surface area contributed by atoms with Crippen LogP contribution in [-0.2, 0) is 9.53 Å². The van der Waals surface area contributed by atoms with E-state index in [1.807, 2.05) is 0 Å². The third kappa shape index (κ3) is 8.26. The van der Waals surface area contributed by atoms with Gasteiger partial charge in [0.25, 0.3) is 6.43 Å². The topological polar surface area (TPSA) is 58.6 Å². The van der Waals surface area contributed by atoms with Gasteiger partial charge in [-0.2, -0.15) is 0 Å². The molecule has 1 amide bonds. The minimum Gasteiger partial charge on any atom is -0.385 e. The number of hydrogen-bond donors (Lipinski definition) is 2. The summed E-state index contributed by atoms with van der Waals surface area (Å²) in [5.41, 5.74) is -0.460. The number of amides is 1. The number of carbonyl (C=O) groups excluding carboxylic acids is 1. The summed E-state index contributed by atoms with van der Waals surface area (Å²) in [5.74, 6) is -0.523. The molecule has 0 aromatic heterocycles. The zero-order valence-corrected chi connectivity index (χ0v) is 9.09. The number of nitrogens with one attached hydrogen (secondary N) is 1. The molecule has 0 bridgehead atoms. The van der Waals surface area contributed by atoms with Gasteiger partial charge in [-0.15, -0.1) is 0 Å². The van der Waals surface area contributed by atoms with Crippen LogP contribution in [0.15, 0.2) is 0 Å². The molecule has 90 valence electrons. The third-order valence-electron chi connectivity index (χ3n) is 1.44. The largest absolute Gasteiger partial charge is 0.385 e. The average Bonchev–Trinajstić information content (AvgIpc) is 2.09. The molecule has 0 aliphatic heterocycles. The molecule has 0 heterocycles. The number of hydrogen-bond acceptors (Lipinski definition) is 3. The Kier molecular flexibility index (Phi) is 5.67. The Morgan fingerprint density at radius 3 is 2.40 bits per heavy atom. The van der Waals surface area contributed by atoms with Crippen LogP contribution in [0, 0.1) is 0 Å². The quantitative estimate of drug-likeness (QED) is 0.718. The molecule has 0 rings (SSSR count). The fraction of sp³-hybridized carbons (Fsp3) is 0.889. The molecular weight excluding hydrogens is 208 g/mol. The maximum atomic E-state index is 11.8. The van der Waals surface area contributed by atoms with Gasteiger partial charge in [0.1, 0.15) is 12.7 Å². The van der Waals surface area contributed by atoms with Crippen LogP contribution in [0.25, 0.3) is 0 Å². The molecule has 0 saturated heterocycles. The number of ether oxygens (including phenoxy) is 1. The monoisotopic (exact) mass is 225 g/mol. The lowest BCUT2D eigenvalue weighted by Gasteiger charge is -2.19. The molecule has 0 aliphatic rings. The Morgan fingerprint density at radius 2 is 2.00 bits per heavy atom. The molecule has 4 nitrogen and oxygen atoms in total. The van der Waals surface area contributed by atoms with Crippen molar-refractivity contribution in [3.8, 4) is 0 Å². The highest BCUT2D eigenvalue weighted by atomic mass is 19.3. The van der Waals surface area contributed by atoms with Crippen molar-refractivity contribution >= 4 is 5.91 Å². The van der Waals surface area contributed by atoms with E-state index < -0.39 is 30.6 Å². The molecule has 15 heavy (non-hydrogen) atoms. The summed E-state index contributed by atoms with van der Waals surface area (Å²) in [6.07, 6.45) is -4.68. The molecule has 0 aromatic rings. The summed E-state index contributed by atoms with van der Waals surface area (Å²) in [6.45, 7) is 4.64. The summed E-state index contributed by atoms with van der Waals surface area (Å²) < 4.78 is 28.7. The van der Waals surface area contributed by atoms with Gasteiger partial charge in [0.05, 0.1) is 5.60 Å². The molecule has 0 aromatic carbocycles. The van der Waals surface area contributed by atoms with Gasteiger partial charge in [-0.1, -0.05) is 0 Å². The van der Waals surface area contributed by atoms with Gasteiger partial charge < -0.3 is 15.2 Å². The number of halogens is 2. The number of carbonyl (C=O) groups is 1. The van der Waals surface area contributed by atoms with Crippen LogP contribution in [0.5, 0.6) is 0 Å². The van der Waals surface area contributed by atoms with Crippen molar-refractivity contribution in [2.24, 2.45) is 0 Å². The predicted octanol–water partition coefficient (Wildman–Crippen LogP) is 0.544. The first-order chi connectivity index (χ1) is 6.72. The lowest BCUT2D eigenvalue weighted by atomic mass is 10.2. The summed E-state index contributed by atoms with van der Waals surface area (Å²) in [7, 11) is 0. The van der Waals surface area contributed by atoms with Crippen LogP contribution in [0.1, 0.15) is 20.8 Å². The van der Waals surface area contributed by atoms with E-state index in [0.717, 1.165) is 0 Å². The first-order valence-corrected chi connectivity index (χ1v) is 4.59. The average molecular weight is 225 g/mol. The van der Waals surface area contributed by atoms with Crippen LogP contribution in [0.4, 0.5) is 8.78 Å². The highest BCUT2D eigenvalue weighted by Crippen LogP contribution is 2.05. The zero-order chi connectivity index (χ0) is 12.1. The molecule has 0 saturated carbocycles. The molecule has 1 atom stereocenters. The molecular formula is C9H17F2NO3. The summed E-state index contributed by atoms with van der Waals surface area (Å²) in [5, 5.41) is 10.8. The molecule has 0 radical (unpaired) electrons. The fourth-order valence-electron chi connectivity index (χ4n) is 0.641. The van der Waals surface area contributed by atoms with Gasteiger partial charge in [0.15, 0.2) is 0 Å². The normalized spacial score (nSPS) is 14.1. The molecule has 0 spiro atoms. The minimum absolute atomic E-state index is 0.209. The highest BCUT2D eigenvalue weighted by molar-refractivity contribution is 5.77. The Labute approximate surface area is 87.6 Å². The van der Waals surface area contributed by atoms with Crippen LogP contribution >= 0.6 is 0 Å². The van der Waals surface area contributed by atoms with Crippen LogP contribution in [0.3, 0.4) is 0 Å². The van der Waals surface area contributed by atoms with Gasteiger partial charge >= 0.3 is 0 Å². The Morgan fingerprint density at radius 1 is 1.47 bits per heavy atom. The Bertz CT molecular complexity index is 204. The third-order valence-corrected chi connectivity index (χ3v) is 1.44. The van der Waals surface area contributed by atoms with E-state index in [0.29, 0.717) is 0 Å². The Balaban J connectivity index is 3.67. The summed E-state index contributed by atoms with van der Waals surface area (Å²) in [4.78, 5) is 11.0.